The molecule has 1 aliphatic rings. The number of aryl methyl sites for hydroxylation is 1. The van der Waals surface area contributed by atoms with Gasteiger partial charge in [0.1, 0.15) is 17.6 Å². The number of benzene rings is 2. The lowest BCUT2D eigenvalue weighted by atomic mass is 10.0. The maximum Gasteiger partial charge on any atom is 0.435 e. The van der Waals surface area contributed by atoms with E-state index in [9.17, 15) is 22.4 Å². The molecule has 0 radical (unpaired) electrons. The Morgan fingerprint density at radius 1 is 1.06 bits per heavy atom. The molecule has 2 heterocycles. The van der Waals surface area contributed by atoms with Crippen LogP contribution in [0, 0.1) is 24.1 Å². The molecule has 0 aliphatic carbocycles. The fourth-order valence-electron chi connectivity index (χ4n) is 3.48. The third kappa shape index (κ3) is 4.08. The average Bonchev–Trinajstić information content (AvgIpc) is 3.18. The van der Waals surface area contributed by atoms with E-state index in [0.717, 1.165) is 22.4 Å². The van der Waals surface area contributed by atoms with E-state index in [-0.39, 0.29) is 35.5 Å². The van der Waals surface area contributed by atoms with Crippen LogP contribution in [0.2, 0.25) is 0 Å². The van der Waals surface area contributed by atoms with Crippen LogP contribution in [0.3, 0.4) is 0 Å². The quantitative estimate of drug-likeness (QED) is 0.495. The SMILES string of the molecule is CC.Cc1ccc(N2CCc3c(C(F)(F)F)nn(-c4ccc(F)c(C#N)c4)c3C2=O)cc1. The predicted molar refractivity (Wildman–Crippen MR) is 111 cm³/mol. The Labute approximate surface area is 182 Å². The highest BCUT2D eigenvalue weighted by atomic mass is 19.4. The first-order valence-corrected chi connectivity index (χ1v) is 9.98. The second kappa shape index (κ2) is 8.83. The number of hydrogen-bond donors (Lipinski definition) is 0. The highest BCUT2D eigenvalue weighted by Crippen LogP contribution is 2.37. The maximum absolute atomic E-state index is 13.7. The maximum atomic E-state index is 13.7. The molecule has 0 N–H and O–H groups in total. The number of aromatic nitrogens is 2. The smallest absolute Gasteiger partial charge is 0.307 e. The molecule has 0 bridgehead atoms. The second-order valence-electron chi connectivity index (χ2n) is 6.90. The molecular formula is C23H20F4N4O. The van der Waals surface area contributed by atoms with E-state index in [0.29, 0.717) is 5.69 Å². The number of hydrogen-bond acceptors (Lipinski definition) is 3. The number of nitrogens with zero attached hydrogens (tertiary/aromatic N) is 4. The average molecular weight is 444 g/mol. The van der Waals surface area contributed by atoms with E-state index < -0.39 is 23.6 Å². The third-order valence-electron chi connectivity index (χ3n) is 4.95. The van der Waals surface area contributed by atoms with Gasteiger partial charge in [0.15, 0.2) is 5.69 Å². The number of alkyl halides is 3. The van der Waals surface area contributed by atoms with Crippen molar-refractivity contribution in [2.24, 2.45) is 0 Å². The lowest BCUT2D eigenvalue weighted by Crippen LogP contribution is -2.39. The van der Waals surface area contributed by atoms with Gasteiger partial charge in [0.2, 0.25) is 0 Å². The summed E-state index contributed by atoms with van der Waals surface area (Å²) in [6.45, 7) is 5.95. The van der Waals surface area contributed by atoms with E-state index in [1.54, 1.807) is 30.3 Å². The number of halogens is 4. The van der Waals surface area contributed by atoms with E-state index in [2.05, 4.69) is 5.10 Å². The molecule has 0 fully saturated rings. The number of carbonyl (C=O) groups excluding carboxylic acids is 1. The first-order chi connectivity index (χ1) is 15.2. The highest BCUT2D eigenvalue weighted by Gasteiger charge is 2.43. The van der Waals surface area contributed by atoms with Crippen LogP contribution in [0.4, 0.5) is 23.2 Å². The van der Waals surface area contributed by atoms with E-state index in [4.69, 9.17) is 5.26 Å². The van der Waals surface area contributed by atoms with Gasteiger partial charge in [0, 0.05) is 17.8 Å². The topological polar surface area (TPSA) is 61.9 Å². The van der Waals surface area contributed by atoms with Crippen LogP contribution in [-0.2, 0) is 12.6 Å². The van der Waals surface area contributed by atoms with E-state index in [1.807, 2.05) is 20.8 Å². The van der Waals surface area contributed by atoms with Crippen LogP contribution in [0.5, 0.6) is 0 Å². The Balaban J connectivity index is 0.00000141. The van der Waals surface area contributed by atoms with Crippen LogP contribution in [0.1, 0.15) is 46.7 Å². The van der Waals surface area contributed by atoms with E-state index >= 15 is 0 Å². The molecule has 3 aromatic rings. The van der Waals surface area contributed by atoms with Gasteiger partial charge >= 0.3 is 6.18 Å². The largest absolute Gasteiger partial charge is 0.435 e. The fraction of sp³-hybridized carbons (Fsp3) is 0.261. The molecule has 0 saturated carbocycles. The number of rotatable bonds is 2. The summed E-state index contributed by atoms with van der Waals surface area (Å²) < 4.78 is 55.3. The van der Waals surface area contributed by atoms with Crippen LogP contribution in [0.25, 0.3) is 5.69 Å². The molecule has 5 nitrogen and oxygen atoms in total. The number of nitriles is 1. The molecule has 32 heavy (non-hydrogen) atoms. The molecule has 1 amide bonds. The number of amides is 1. The lowest BCUT2D eigenvalue weighted by Gasteiger charge is -2.28. The zero-order valence-corrected chi connectivity index (χ0v) is 17.7. The zero-order valence-electron chi connectivity index (χ0n) is 17.7. The first-order valence-electron chi connectivity index (χ1n) is 9.98. The minimum absolute atomic E-state index is 0.00111. The Morgan fingerprint density at radius 3 is 2.28 bits per heavy atom. The monoisotopic (exact) mass is 444 g/mol. The summed E-state index contributed by atoms with van der Waals surface area (Å²) in [7, 11) is 0. The molecular weight excluding hydrogens is 424 g/mol. The molecule has 0 unspecified atom stereocenters. The van der Waals surface area contributed by atoms with Crippen molar-refractivity contribution in [2.45, 2.75) is 33.4 Å². The standard InChI is InChI=1S/C21H14F4N4O.C2H6/c1-12-2-4-14(5-3-12)28-9-8-16-18(20(28)30)29(27-19(16)21(23,24)25)15-6-7-17(22)13(10-15)11-26;1-2/h2-7,10H,8-9H2,1H3;1-2H3. The molecule has 1 aliphatic heterocycles. The summed E-state index contributed by atoms with van der Waals surface area (Å²) in [6.07, 6.45) is -4.81. The van der Waals surface area contributed by atoms with Crippen molar-refractivity contribution in [1.29, 1.82) is 5.26 Å². The molecule has 166 valence electrons. The highest BCUT2D eigenvalue weighted by molar-refractivity contribution is 6.07. The van der Waals surface area contributed by atoms with Gasteiger partial charge < -0.3 is 4.90 Å². The summed E-state index contributed by atoms with van der Waals surface area (Å²) in [5.41, 5.74) is -0.443. The van der Waals surface area contributed by atoms with Gasteiger partial charge in [-0.15, -0.1) is 0 Å². The Bertz CT molecular complexity index is 1190. The van der Waals surface area contributed by atoms with Crippen molar-refractivity contribution in [2.75, 3.05) is 11.4 Å². The van der Waals surface area contributed by atoms with Crippen molar-refractivity contribution >= 4 is 11.6 Å². The minimum atomic E-state index is -4.76. The van der Waals surface area contributed by atoms with Gasteiger partial charge in [-0.05, 0) is 43.7 Å². The van der Waals surface area contributed by atoms with Gasteiger partial charge in [0.05, 0.1) is 11.3 Å². The van der Waals surface area contributed by atoms with Crippen molar-refractivity contribution < 1.29 is 22.4 Å². The van der Waals surface area contributed by atoms with Crippen molar-refractivity contribution in [3.05, 3.63) is 76.4 Å². The summed E-state index contributed by atoms with van der Waals surface area (Å²) >= 11 is 0. The van der Waals surface area contributed by atoms with E-state index in [1.165, 1.54) is 11.0 Å². The first kappa shape index (κ1) is 23.0. The van der Waals surface area contributed by atoms with Crippen molar-refractivity contribution in [3.8, 4) is 11.8 Å². The zero-order chi connectivity index (χ0) is 23.6. The fourth-order valence-corrected chi connectivity index (χ4v) is 3.48. The normalized spacial score (nSPS) is 13.2. The summed E-state index contributed by atoms with van der Waals surface area (Å²) in [5, 5.41) is 12.7. The molecule has 0 atom stereocenters. The van der Waals surface area contributed by atoms with Gasteiger partial charge in [0.25, 0.3) is 5.91 Å². The Hall–Kier alpha value is -3.67. The molecule has 0 saturated heterocycles. The van der Waals surface area contributed by atoms with Gasteiger partial charge in [-0.3, -0.25) is 4.79 Å². The number of fused-ring (bicyclic) bond motifs is 1. The minimum Gasteiger partial charge on any atom is -0.307 e. The Morgan fingerprint density at radius 2 is 1.69 bits per heavy atom. The van der Waals surface area contributed by atoms with Crippen LogP contribution in [0.15, 0.2) is 42.5 Å². The summed E-state index contributed by atoms with van der Waals surface area (Å²) in [4.78, 5) is 14.6. The number of anilines is 1. The van der Waals surface area contributed by atoms with Crippen molar-refractivity contribution in [1.82, 2.24) is 9.78 Å². The molecule has 4 rings (SSSR count). The van der Waals surface area contributed by atoms with Gasteiger partial charge in [-0.2, -0.15) is 23.5 Å². The lowest BCUT2D eigenvalue weighted by molar-refractivity contribution is -0.141. The van der Waals surface area contributed by atoms with Crippen molar-refractivity contribution in [3.63, 3.8) is 0 Å². The van der Waals surface area contributed by atoms with Crippen LogP contribution >= 0.6 is 0 Å². The molecule has 2 aromatic carbocycles. The molecule has 1 aromatic heterocycles. The summed E-state index contributed by atoms with van der Waals surface area (Å²) in [6, 6.07) is 11.9. The Kier molecular flexibility index (Phi) is 6.35. The summed E-state index contributed by atoms with van der Waals surface area (Å²) in [5.74, 6) is -1.46. The number of carbonyl (C=O) groups is 1. The second-order valence-corrected chi connectivity index (χ2v) is 6.90. The van der Waals surface area contributed by atoms with Crippen LogP contribution in [-0.4, -0.2) is 22.2 Å². The van der Waals surface area contributed by atoms with Crippen LogP contribution < -0.4 is 4.90 Å². The van der Waals surface area contributed by atoms with Gasteiger partial charge in [-0.1, -0.05) is 31.5 Å². The molecule has 0 spiro atoms. The van der Waals surface area contributed by atoms with Gasteiger partial charge in [-0.25, -0.2) is 9.07 Å². The predicted octanol–water partition coefficient (Wildman–Crippen LogP) is 5.44. The third-order valence-corrected chi connectivity index (χ3v) is 4.95. The molecule has 9 heteroatoms.